The molecule has 2 aromatic rings. The number of nitrogens with one attached hydrogen (secondary N) is 1. The van der Waals surface area contributed by atoms with Crippen LogP contribution >= 0.6 is 11.6 Å². The van der Waals surface area contributed by atoms with Gasteiger partial charge in [-0.3, -0.25) is 4.79 Å². The van der Waals surface area contributed by atoms with Gasteiger partial charge in [0.2, 0.25) is 0 Å². The highest BCUT2D eigenvalue weighted by atomic mass is 35.5. The van der Waals surface area contributed by atoms with E-state index in [1.807, 2.05) is 0 Å². The summed E-state index contributed by atoms with van der Waals surface area (Å²) in [6.45, 7) is 0. The van der Waals surface area contributed by atoms with Gasteiger partial charge in [-0.25, -0.2) is 4.98 Å². The first-order valence-corrected chi connectivity index (χ1v) is 6.05. The van der Waals surface area contributed by atoms with Crippen molar-refractivity contribution in [2.45, 2.75) is 6.18 Å². The molecule has 1 aromatic heterocycles. The zero-order chi connectivity index (χ0) is 15.6. The molecule has 110 valence electrons. The molecule has 0 spiro atoms. The van der Waals surface area contributed by atoms with Gasteiger partial charge in [0.1, 0.15) is 5.82 Å². The first kappa shape index (κ1) is 15.1. The Kier molecular flexibility index (Phi) is 4.04. The molecule has 0 fully saturated rings. The minimum atomic E-state index is -4.49. The molecule has 0 saturated heterocycles. The topological polar surface area (TPSA) is 68.0 Å². The molecule has 0 aliphatic carbocycles. The second-order valence-electron chi connectivity index (χ2n) is 4.12. The van der Waals surface area contributed by atoms with Crippen molar-refractivity contribution < 1.29 is 18.0 Å². The van der Waals surface area contributed by atoms with Crippen LogP contribution in [0.2, 0.25) is 5.02 Å². The fraction of sp³-hybridized carbons (Fsp3) is 0.0769. The quantitative estimate of drug-likeness (QED) is 0.890. The molecule has 0 atom stereocenters. The molecule has 1 aromatic carbocycles. The minimum Gasteiger partial charge on any atom is -0.384 e. The Balaban J connectivity index is 2.22. The molecule has 8 heteroatoms. The number of halogens is 4. The van der Waals surface area contributed by atoms with E-state index >= 15 is 0 Å². The largest absolute Gasteiger partial charge is 0.416 e. The lowest BCUT2D eigenvalue weighted by Gasteiger charge is -2.11. The van der Waals surface area contributed by atoms with Crippen LogP contribution in [0.15, 0.2) is 36.5 Å². The predicted octanol–water partition coefficient (Wildman–Crippen LogP) is 3.59. The number of hydrogen-bond donors (Lipinski definition) is 2. The number of nitrogens with two attached hydrogens (primary N) is 1. The number of nitrogens with zero attached hydrogens (tertiary/aromatic N) is 1. The van der Waals surface area contributed by atoms with E-state index in [1.165, 1.54) is 18.3 Å². The van der Waals surface area contributed by atoms with Gasteiger partial charge in [-0.05, 0) is 30.3 Å². The molecule has 4 nitrogen and oxygen atoms in total. The van der Waals surface area contributed by atoms with Gasteiger partial charge in [-0.1, -0.05) is 11.6 Å². The van der Waals surface area contributed by atoms with Crippen LogP contribution in [0.25, 0.3) is 0 Å². The first-order valence-electron chi connectivity index (χ1n) is 5.67. The van der Waals surface area contributed by atoms with Crippen molar-refractivity contribution in [1.82, 2.24) is 4.98 Å². The molecule has 0 unspecified atom stereocenters. The Morgan fingerprint density at radius 2 is 1.95 bits per heavy atom. The van der Waals surface area contributed by atoms with E-state index in [4.69, 9.17) is 17.3 Å². The summed E-state index contributed by atoms with van der Waals surface area (Å²) in [7, 11) is 0. The standard InChI is InChI=1S/C13H9ClF3N3O/c14-9-6-8(13(15,16)17)1-2-10(9)20-12(21)7-3-4-19-11(18)5-7/h1-6H,(H2,18,19)(H,20,21). The molecular weight excluding hydrogens is 307 g/mol. The van der Waals surface area contributed by atoms with E-state index in [9.17, 15) is 18.0 Å². The molecule has 0 aliphatic rings. The second kappa shape index (κ2) is 5.61. The summed E-state index contributed by atoms with van der Waals surface area (Å²) in [6.07, 6.45) is -3.15. The van der Waals surface area contributed by atoms with Crippen LogP contribution in [-0.4, -0.2) is 10.9 Å². The lowest BCUT2D eigenvalue weighted by atomic mass is 10.2. The number of pyridine rings is 1. The maximum absolute atomic E-state index is 12.5. The zero-order valence-electron chi connectivity index (χ0n) is 10.4. The SMILES string of the molecule is Nc1cc(C(=O)Nc2ccc(C(F)(F)F)cc2Cl)ccn1. The Labute approximate surface area is 122 Å². The van der Waals surface area contributed by atoms with Crippen LogP contribution in [0.5, 0.6) is 0 Å². The Morgan fingerprint density at radius 3 is 2.52 bits per heavy atom. The van der Waals surface area contributed by atoms with Crippen molar-refractivity contribution >= 4 is 29.0 Å². The number of nitrogen functional groups attached to an aromatic ring is 1. The molecule has 0 aliphatic heterocycles. The van der Waals surface area contributed by atoms with Crippen molar-refractivity contribution in [3.8, 4) is 0 Å². The minimum absolute atomic E-state index is 0.0741. The summed E-state index contributed by atoms with van der Waals surface area (Å²) < 4.78 is 37.5. The van der Waals surface area contributed by atoms with E-state index in [0.717, 1.165) is 18.2 Å². The molecule has 1 heterocycles. The monoisotopic (exact) mass is 315 g/mol. The number of carbonyl (C=O) groups is 1. The van der Waals surface area contributed by atoms with Gasteiger partial charge < -0.3 is 11.1 Å². The molecule has 3 N–H and O–H groups in total. The fourth-order valence-corrected chi connectivity index (χ4v) is 1.80. The molecule has 0 radical (unpaired) electrons. The van der Waals surface area contributed by atoms with Crippen LogP contribution in [-0.2, 0) is 6.18 Å². The van der Waals surface area contributed by atoms with E-state index in [0.29, 0.717) is 0 Å². The smallest absolute Gasteiger partial charge is 0.384 e. The number of anilines is 2. The Bertz CT molecular complexity index is 689. The number of benzene rings is 1. The van der Waals surface area contributed by atoms with Crippen molar-refractivity contribution in [3.63, 3.8) is 0 Å². The summed E-state index contributed by atoms with van der Waals surface area (Å²) in [5.41, 5.74) is 4.85. The normalized spacial score (nSPS) is 11.2. The number of rotatable bonds is 2. The number of carbonyl (C=O) groups excluding carboxylic acids is 1. The highest BCUT2D eigenvalue weighted by Crippen LogP contribution is 2.33. The van der Waals surface area contributed by atoms with Crippen LogP contribution in [0.3, 0.4) is 0 Å². The third kappa shape index (κ3) is 3.63. The average molecular weight is 316 g/mol. The van der Waals surface area contributed by atoms with Crippen LogP contribution in [0.1, 0.15) is 15.9 Å². The lowest BCUT2D eigenvalue weighted by molar-refractivity contribution is -0.137. The summed E-state index contributed by atoms with van der Waals surface area (Å²) in [4.78, 5) is 15.7. The fourth-order valence-electron chi connectivity index (χ4n) is 1.58. The molecule has 1 amide bonds. The van der Waals surface area contributed by atoms with Crippen molar-refractivity contribution in [1.29, 1.82) is 0 Å². The molecule has 0 saturated carbocycles. The van der Waals surface area contributed by atoms with Crippen LogP contribution in [0.4, 0.5) is 24.7 Å². The maximum atomic E-state index is 12.5. The van der Waals surface area contributed by atoms with Crippen LogP contribution in [0, 0.1) is 0 Å². The van der Waals surface area contributed by atoms with Gasteiger partial charge in [0.05, 0.1) is 16.3 Å². The maximum Gasteiger partial charge on any atom is 0.416 e. The van der Waals surface area contributed by atoms with E-state index in [1.54, 1.807) is 0 Å². The zero-order valence-corrected chi connectivity index (χ0v) is 11.2. The Morgan fingerprint density at radius 1 is 1.24 bits per heavy atom. The van der Waals surface area contributed by atoms with Crippen molar-refractivity contribution in [2.24, 2.45) is 0 Å². The lowest BCUT2D eigenvalue weighted by Crippen LogP contribution is -2.13. The van der Waals surface area contributed by atoms with Gasteiger partial charge in [0, 0.05) is 11.8 Å². The number of hydrogen-bond acceptors (Lipinski definition) is 3. The van der Waals surface area contributed by atoms with Crippen LogP contribution < -0.4 is 11.1 Å². The highest BCUT2D eigenvalue weighted by Gasteiger charge is 2.31. The average Bonchev–Trinajstić information content (AvgIpc) is 2.39. The third-order valence-electron chi connectivity index (χ3n) is 2.59. The van der Waals surface area contributed by atoms with E-state index < -0.39 is 17.6 Å². The summed E-state index contributed by atoms with van der Waals surface area (Å²) >= 11 is 5.75. The summed E-state index contributed by atoms with van der Waals surface area (Å²) in [5.74, 6) is -0.396. The number of alkyl halides is 3. The number of amides is 1. The summed E-state index contributed by atoms with van der Waals surface area (Å²) in [6, 6.07) is 5.44. The summed E-state index contributed by atoms with van der Waals surface area (Å²) in [5, 5.41) is 2.20. The van der Waals surface area contributed by atoms with Gasteiger partial charge >= 0.3 is 6.18 Å². The highest BCUT2D eigenvalue weighted by molar-refractivity contribution is 6.34. The molecule has 21 heavy (non-hydrogen) atoms. The Hall–Kier alpha value is -2.28. The van der Waals surface area contributed by atoms with Gasteiger partial charge in [-0.2, -0.15) is 13.2 Å². The third-order valence-corrected chi connectivity index (χ3v) is 2.90. The predicted molar refractivity (Wildman–Crippen MR) is 73.1 cm³/mol. The van der Waals surface area contributed by atoms with Crippen molar-refractivity contribution in [2.75, 3.05) is 11.1 Å². The van der Waals surface area contributed by atoms with E-state index in [2.05, 4.69) is 10.3 Å². The number of aromatic nitrogens is 1. The molecular formula is C13H9ClF3N3O. The first-order chi connectivity index (χ1) is 9.77. The van der Waals surface area contributed by atoms with Crippen molar-refractivity contribution in [3.05, 3.63) is 52.7 Å². The van der Waals surface area contributed by atoms with Gasteiger partial charge in [0.25, 0.3) is 5.91 Å². The molecule has 2 rings (SSSR count). The van der Waals surface area contributed by atoms with Gasteiger partial charge in [-0.15, -0.1) is 0 Å². The van der Waals surface area contributed by atoms with Gasteiger partial charge in [0.15, 0.2) is 0 Å². The second-order valence-corrected chi connectivity index (χ2v) is 4.52. The van der Waals surface area contributed by atoms with E-state index in [-0.39, 0.29) is 22.1 Å². The molecule has 0 bridgehead atoms.